The zero-order chi connectivity index (χ0) is 30.9. The van der Waals surface area contributed by atoms with Crippen LogP contribution in [0.25, 0.3) is 98.8 Å². The fourth-order valence-corrected chi connectivity index (χ4v) is 7.27. The fourth-order valence-electron chi connectivity index (χ4n) is 7.27. The number of fused-ring (bicyclic) bond motifs is 11. The van der Waals surface area contributed by atoms with Gasteiger partial charge in [-0.05, 0) is 62.5 Å². The quantitative estimate of drug-likeness (QED) is 0.190. The van der Waals surface area contributed by atoms with Crippen LogP contribution < -0.4 is 0 Å². The Morgan fingerprint density at radius 1 is 0.426 bits per heavy atom. The highest BCUT2D eigenvalue weighted by molar-refractivity contribution is 6.23. The van der Waals surface area contributed by atoms with E-state index in [1.165, 1.54) is 27.1 Å². The molecule has 47 heavy (non-hydrogen) atoms. The van der Waals surface area contributed by atoms with Gasteiger partial charge in [-0.25, -0.2) is 4.98 Å². The normalized spacial score (nSPS) is 11.8. The number of hydrogen-bond donors (Lipinski definition) is 0. The summed E-state index contributed by atoms with van der Waals surface area (Å²) >= 11 is 0. The molecule has 0 radical (unpaired) electrons. The number of nitrogens with zero attached hydrogens (tertiary/aromatic N) is 2. The van der Waals surface area contributed by atoms with E-state index < -0.39 is 0 Å². The van der Waals surface area contributed by atoms with Crippen molar-refractivity contribution >= 4 is 65.3 Å². The summed E-state index contributed by atoms with van der Waals surface area (Å²) in [6.07, 6.45) is 1.91. The van der Waals surface area contributed by atoms with Crippen molar-refractivity contribution in [3.05, 3.63) is 158 Å². The van der Waals surface area contributed by atoms with E-state index in [1.54, 1.807) is 0 Å². The molecule has 3 heteroatoms. The predicted molar refractivity (Wildman–Crippen MR) is 196 cm³/mol. The van der Waals surface area contributed by atoms with E-state index in [2.05, 4.69) is 152 Å². The van der Waals surface area contributed by atoms with Gasteiger partial charge in [0.1, 0.15) is 11.2 Å². The van der Waals surface area contributed by atoms with E-state index in [9.17, 15) is 0 Å². The Morgan fingerprint density at radius 3 is 1.89 bits per heavy atom. The smallest absolute Gasteiger partial charge is 0.143 e. The van der Waals surface area contributed by atoms with Crippen LogP contribution in [0.2, 0.25) is 0 Å². The molecule has 0 aliphatic rings. The third-order valence-corrected chi connectivity index (χ3v) is 9.46. The van der Waals surface area contributed by atoms with Gasteiger partial charge in [-0.2, -0.15) is 0 Å². The second-order valence-corrected chi connectivity index (χ2v) is 12.2. The molecule has 0 aliphatic heterocycles. The first-order valence-corrected chi connectivity index (χ1v) is 15.9. The van der Waals surface area contributed by atoms with Crippen LogP contribution in [0.4, 0.5) is 0 Å². The third-order valence-electron chi connectivity index (χ3n) is 9.46. The van der Waals surface area contributed by atoms with Crippen LogP contribution in [0.15, 0.2) is 162 Å². The van der Waals surface area contributed by atoms with Gasteiger partial charge in [0.2, 0.25) is 0 Å². The second kappa shape index (κ2) is 10.1. The summed E-state index contributed by atoms with van der Waals surface area (Å²) < 4.78 is 6.70. The molecule has 218 valence electrons. The largest absolute Gasteiger partial charge is 0.455 e. The molecule has 0 amide bonds. The van der Waals surface area contributed by atoms with Crippen LogP contribution in [0, 0.1) is 0 Å². The van der Waals surface area contributed by atoms with Crippen molar-refractivity contribution < 1.29 is 4.42 Å². The van der Waals surface area contributed by atoms with Gasteiger partial charge in [0.15, 0.2) is 0 Å². The Bertz CT molecular complexity index is 2810. The van der Waals surface area contributed by atoms with Gasteiger partial charge < -0.3 is 4.42 Å². The minimum Gasteiger partial charge on any atom is -0.455 e. The van der Waals surface area contributed by atoms with E-state index in [1.807, 2.05) is 6.20 Å². The van der Waals surface area contributed by atoms with Crippen molar-refractivity contribution in [2.45, 2.75) is 0 Å². The topological polar surface area (TPSA) is 38.9 Å². The van der Waals surface area contributed by atoms with Crippen LogP contribution in [0.3, 0.4) is 0 Å². The van der Waals surface area contributed by atoms with Crippen molar-refractivity contribution in [2.24, 2.45) is 0 Å². The molecule has 0 saturated carbocycles. The van der Waals surface area contributed by atoms with Crippen molar-refractivity contribution in [2.75, 3.05) is 0 Å². The first kappa shape index (κ1) is 26.0. The Hall–Kier alpha value is -6.32. The number of rotatable bonds is 3. The first-order chi connectivity index (χ1) is 23.3. The summed E-state index contributed by atoms with van der Waals surface area (Å²) in [5, 5.41) is 9.26. The van der Waals surface area contributed by atoms with Gasteiger partial charge in [0, 0.05) is 32.7 Å². The predicted octanol–water partition coefficient (Wildman–Crippen LogP) is 12.0. The van der Waals surface area contributed by atoms with Gasteiger partial charge in [-0.1, -0.05) is 127 Å². The molecule has 0 spiro atoms. The summed E-state index contributed by atoms with van der Waals surface area (Å²) in [7, 11) is 0. The van der Waals surface area contributed by atoms with Gasteiger partial charge in [0.05, 0.1) is 22.9 Å². The fraction of sp³-hybridized carbons (Fsp3) is 0. The molecule has 0 N–H and O–H groups in total. The lowest BCUT2D eigenvalue weighted by atomic mass is 9.94. The Kier molecular flexibility index (Phi) is 5.57. The van der Waals surface area contributed by atoms with E-state index in [4.69, 9.17) is 14.4 Å². The maximum atomic E-state index is 6.70. The van der Waals surface area contributed by atoms with Crippen LogP contribution in [0.5, 0.6) is 0 Å². The first-order valence-electron chi connectivity index (χ1n) is 15.9. The molecule has 10 rings (SSSR count). The molecule has 0 bridgehead atoms. The van der Waals surface area contributed by atoms with E-state index in [0.29, 0.717) is 0 Å². The third kappa shape index (κ3) is 4.00. The maximum Gasteiger partial charge on any atom is 0.143 e. The maximum absolute atomic E-state index is 6.70. The van der Waals surface area contributed by atoms with Gasteiger partial charge in [-0.3, -0.25) is 4.98 Å². The van der Waals surface area contributed by atoms with Gasteiger partial charge in [0.25, 0.3) is 0 Å². The lowest BCUT2D eigenvalue weighted by molar-refractivity contribution is 0.670. The Morgan fingerprint density at radius 2 is 1.09 bits per heavy atom. The average Bonchev–Trinajstić information content (AvgIpc) is 3.54. The zero-order valence-corrected chi connectivity index (χ0v) is 25.3. The minimum atomic E-state index is 0.839. The molecule has 0 fully saturated rings. The molecular formula is C44H26N2O. The summed E-state index contributed by atoms with van der Waals surface area (Å²) in [6, 6.07) is 53.4. The second-order valence-electron chi connectivity index (χ2n) is 12.2. The SMILES string of the molecule is c1ccc(-c2cc(-c3cccc(-c4cnc5c6ccccc6c6ccccc6c5n4)c3)c3oc4ccc5ccccc5c4c3c2)cc1. The van der Waals surface area contributed by atoms with Crippen LogP contribution >= 0.6 is 0 Å². The van der Waals surface area contributed by atoms with Crippen LogP contribution in [-0.4, -0.2) is 9.97 Å². The molecule has 0 atom stereocenters. The molecule has 10 aromatic rings. The molecule has 8 aromatic carbocycles. The summed E-state index contributed by atoms with van der Waals surface area (Å²) in [4.78, 5) is 10.3. The van der Waals surface area contributed by atoms with Crippen LogP contribution in [-0.2, 0) is 0 Å². The molecule has 2 heterocycles. The summed E-state index contributed by atoms with van der Waals surface area (Å²) in [6.45, 7) is 0. The minimum absolute atomic E-state index is 0.839. The van der Waals surface area contributed by atoms with Crippen molar-refractivity contribution in [3.63, 3.8) is 0 Å². The van der Waals surface area contributed by atoms with E-state index >= 15 is 0 Å². The monoisotopic (exact) mass is 598 g/mol. The Balaban J connectivity index is 1.22. The Labute approximate surface area is 270 Å². The molecule has 3 nitrogen and oxygen atoms in total. The van der Waals surface area contributed by atoms with Gasteiger partial charge >= 0.3 is 0 Å². The number of aromatic nitrogens is 2. The lowest BCUT2D eigenvalue weighted by Crippen LogP contribution is -1.92. The lowest BCUT2D eigenvalue weighted by Gasteiger charge is -2.12. The van der Waals surface area contributed by atoms with E-state index in [0.717, 1.165) is 71.7 Å². The number of hydrogen-bond acceptors (Lipinski definition) is 3. The molecule has 2 aromatic heterocycles. The molecule has 0 unspecified atom stereocenters. The highest BCUT2D eigenvalue weighted by Crippen LogP contribution is 2.43. The summed E-state index contributed by atoms with van der Waals surface area (Å²) in [5.74, 6) is 0. The zero-order valence-electron chi connectivity index (χ0n) is 25.3. The number of furan rings is 1. The molecular weight excluding hydrogens is 572 g/mol. The van der Waals surface area contributed by atoms with Crippen molar-refractivity contribution in [1.82, 2.24) is 9.97 Å². The standard InChI is InChI=1S/C44H26N2O/c1-2-11-27(12-3-1)31-24-37(44-38(25-31)41-32-16-5-4-13-28(32)21-22-40(41)47-44)29-14-10-15-30(23-29)39-26-45-42-35-19-8-6-17-33(35)34-18-7-9-20-36(34)43(42)46-39/h1-26H. The average molecular weight is 599 g/mol. The van der Waals surface area contributed by atoms with E-state index in [-0.39, 0.29) is 0 Å². The van der Waals surface area contributed by atoms with Crippen molar-refractivity contribution in [1.29, 1.82) is 0 Å². The van der Waals surface area contributed by atoms with Crippen LogP contribution in [0.1, 0.15) is 0 Å². The summed E-state index contributed by atoms with van der Waals surface area (Å²) in [5.41, 5.74) is 9.90. The number of benzene rings is 8. The van der Waals surface area contributed by atoms with Gasteiger partial charge in [-0.15, -0.1) is 0 Å². The highest BCUT2D eigenvalue weighted by atomic mass is 16.3. The highest BCUT2D eigenvalue weighted by Gasteiger charge is 2.18. The molecule has 0 saturated heterocycles. The van der Waals surface area contributed by atoms with Crippen molar-refractivity contribution in [3.8, 4) is 33.5 Å². The molecule has 0 aliphatic carbocycles.